The van der Waals surface area contributed by atoms with E-state index in [4.69, 9.17) is 0 Å². The van der Waals surface area contributed by atoms with Crippen molar-refractivity contribution in [1.29, 1.82) is 0 Å². The standard InChI is InChI=1S/C15H12F4O/c1-9-6-7-10(16)8-12(9)14(20)11-4-2-3-5-13(11)15(17,18)19/h2-8,14,20H,1H3. The Morgan fingerprint density at radius 3 is 2.30 bits per heavy atom. The van der Waals surface area contributed by atoms with Crippen LogP contribution in [0.1, 0.15) is 28.4 Å². The molecule has 0 saturated carbocycles. The highest BCUT2D eigenvalue weighted by molar-refractivity contribution is 5.40. The molecule has 0 amide bonds. The molecule has 2 aromatic rings. The molecular weight excluding hydrogens is 272 g/mol. The number of hydrogen-bond acceptors (Lipinski definition) is 1. The van der Waals surface area contributed by atoms with Crippen molar-refractivity contribution < 1.29 is 22.7 Å². The second-order valence-corrected chi connectivity index (χ2v) is 4.49. The van der Waals surface area contributed by atoms with Gasteiger partial charge in [0.2, 0.25) is 0 Å². The van der Waals surface area contributed by atoms with Gasteiger partial charge in [0.1, 0.15) is 11.9 Å². The van der Waals surface area contributed by atoms with E-state index in [1.165, 1.54) is 30.3 Å². The zero-order valence-electron chi connectivity index (χ0n) is 10.6. The summed E-state index contributed by atoms with van der Waals surface area (Å²) in [5, 5.41) is 10.2. The zero-order valence-corrected chi connectivity index (χ0v) is 10.6. The SMILES string of the molecule is Cc1ccc(F)cc1C(O)c1ccccc1C(F)(F)F. The van der Waals surface area contributed by atoms with Gasteiger partial charge in [-0.3, -0.25) is 0 Å². The summed E-state index contributed by atoms with van der Waals surface area (Å²) >= 11 is 0. The monoisotopic (exact) mass is 284 g/mol. The minimum atomic E-state index is -4.57. The molecule has 106 valence electrons. The van der Waals surface area contributed by atoms with Gasteiger partial charge in [-0.15, -0.1) is 0 Å². The number of aliphatic hydroxyl groups is 1. The molecule has 20 heavy (non-hydrogen) atoms. The number of aryl methyl sites for hydroxylation is 1. The Labute approximate surface area is 113 Å². The van der Waals surface area contributed by atoms with E-state index in [2.05, 4.69) is 0 Å². The molecule has 2 aromatic carbocycles. The van der Waals surface area contributed by atoms with Gasteiger partial charge in [0.25, 0.3) is 0 Å². The van der Waals surface area contributed by atoms with Crippen LogP contribution in [0, 0.1) is 12.7 Å². The van der Waals surface area contributed by atoms with Gasteiger partial charge in [0.15, 0.2) is 0 Å². The van der Waals surface area contributed by atoms with Gasteiger partial charge in [0.05, 0.1) is 5.56 Å². The largest absolute Gasteiger partial charge is 0.416 e. The lowest BCUT2D eigenvalue weighted by Gasteiger charge is -2.19. The van der Waals surface area contributed by atoms with Crippen LogP contribution in [-0.2, 0) is 6.18 Å². The van der Waals surface area contributed by atoms with Crippen LogP contribution >= 0.6 is 0 Å². The average Bonchev–Trinajstić information content (AvgIpc) is 2.40. The molecule has 2 rings (SSSR count). The smallest absolute Gasteiger partial charge is 0.384 e. The molecule has 0 aliphatic heterocycles. The molecule has 0 fully saturated rings. The fourth-order valence-electron chi connectivity index (χ4n) is 2.07. The molecule has 1 unspecified atom stereocenters. The zero-order chi connectivity index (χ0) is 14.9. The molecule has 0 radical (unpaired) electrons. The fraction of sp³-hybridized carbons (Fsp3) is 0.200. The van der Waals surface area contributed by atoms with E-state index in [9.17, 15) is 22.7 Å². The van der Waals surface area contributed by atoms with E-state index >= 15 is 0 Å². The molecule has 0 aliphatic rings. The van der Waals surface area contributed by atoms with Gasteiger partial charge in [-0.25, -0.2) is 4.39 Å². The minimum Gasteiger partial charge on any atom is -0.384 e. The van der Waals surface area contributed by atoms with E-state index in [0.29, 0.717) is 5.56 Å². The van der Waals surface area contributed by atoms with E-state index in [1.54, 1.807) is 6.92 Å². The summed E-state index contributed by atoms with van der Waals surface area (Å²) in [6, 6.07) is 8.41. The lowest BCUT2D eigenvalue weighted by Crippen LogP contribution is -2.13. The lowest BCUT2D eigenvalue weighted by atomic mass is 9.94. The molecular formula is C15H12F4O. The Kier molecular flexibility index (Phi) is 3.81. The molecule has 0 heterocycles. The Morgan fingerprint density at radius 2 is 1.65 bits per heavy atom. The lowest BCUT2D eigenvalue weighted by molar-refractivity contribution is -0.139. The van der Waals surface area contributed by atoms with Crippen molar-refractivity contribution in [3.05, 3.63) is 70.5 Å². The summed E-state index contributed by atoms with van der Waals surface area (Å²) in [5.41, 5.74) is -0.553. The number of aliphatic hydroxyl groups excluding tert-OH is 1. The summed E-state index contributed by atoms with van der Waals surface area (Å²) in [4.78, 5) is 0. The Balaban J connectivity index is 2.54. The number of hydrogen-bond donors (Lipinski definition) is 1. The van der Waals surface area contributed by atoms with Crippen LogP contribution in [-0.4, -0.2) is 5.11 Å². The van der Waals surface area contributed by atoms with Crippen molar-refractivity contribution in [2.45, 2.75) is 19.2 Å². The summed E-state index contributed by atoms with van der Waals surface area (Å²) in [6.45, 7) is 1.61. The molecule has 0 aromatic heterocycles. The Morgan fingerprint density at radius 1 is 1.00 bits per heavy atom. The minimum absolute atomic E-state index is 0.127. The quantitative estimate of drug-likeness (QED) is 0.818. The summed E-state index contributed by atoms with van der Waals surface area (Å²) in [6.07, 6.45) is -6.10. The summed E-state index contributed by atoms with van der Waals surface area (Å²) in [5.74, 6) is -0.603. The summed E-state index contributed by atoms with van der Waals surface area (Å²) < 4.78 is 52.0. The molecule has 5 heteroatoms. The first-order valence-electron chi connectivity index (χ1n) is 5.91. The van der Waals surface area contributed by atoms with Crippen LogP contribution in [0.15, 0.2) is 42.5 Å². The van der Waals surface area contributed by atoms with Gasteiger partial charge in [-0.05, 0) is 41.8 Å². The van der Waals surface area contributed by atoms with Crippen LogP contribution in [0.25, 0.3) is 0 Å². The van der Waals surface area contributed by atoms with E-state index in [0.717, 1.165) is 12.1 Å². The molecule has 0 saturated heterocycles. The second-order valence-electron chi connectivity index (χ2n) is 4.49. The fourth-order valence-corrected chi connectivity index (χ4v) is 2.07. The topological polar surface area (TPSA) is 20.2 Å². The second kappa shape index (κ2) is 5.25. The molecule has 1 nitrogen and oxygen atoms in total. The van der Waals surface area contributed by atoms with Crippen LogP contribution in [0.4, 0.5) is 17.6 Å². The van der Waals surface area contributed by atoms with Gasteiger partial charge in [0, 0.05) is 0 Å². The van der Waals surface area contributed by atoms with Gasteiger partial charge in [-0.1, -0.05) is 24.3 Å². The molecule has 1 atom stereocenters. The predicted molar refractivity (Wildman–Crippen MR) is 66.6 cm³/mol. The van der Waals surface area contributed by atoms with Gasteiger partial charge < -0.3 is 5.11 Å². The van der Waals surface area contributed by atoms with Crippen molar-refractivity contribution in [1.82, 2.24) is 0 Å². The summed E-state index contributed by atoms with van der Waals surface area (Å²) in [7, 11) is 0. The highest BCUT2D eigenvalue weighted by Crippen LogP contribution is 2.37. The van der Waals surface area contributed by atoms with E-state index in [-0.39, 0.29) is 11.1 Å². The first kappa shape index (κ1) is 14.5. The average molecular weight is 284 g/mol. The first-order chi connectivity index (χ1) is 9.30. The third-order valence-electron chi connectivity index (χ3n) is 3.10. The van der Waals surface area contributed by atoms with Crippen molar-refractivity contribution >= 4 is 0 Å². The van der Waals surface area contributed by atoms with Crippen LogP contribution in [0.3, 0.4) is 0 Å². The molecule has 1 N–H and O–H groups in total. The maximum Gasteiger partial charge on any atom is 0.416 e. The van der Waals surface area contributed by atoms with Crippen LogP contribution in [0.5, 0.6) is 0 Å². The maximum absolute atomic E-state index is 13.2. The number of benzene rings is 2. The van der Waals surface area contributed by atoms with Gasteiger partial charge in [-0.2, -0.15) is 13.2 Å². The van der Waals surface area contributed by atoms with Crippen molar-refractivity contribution in [3.63, 3.8) is 0 Å². The Bertz CT molecular complexity index is 620. The van der Waals surface area contributed by atoms with Crippen molar-refractivity contribution in [3.8, 4) is 0 Å². The first-order valence-corrected chi connectivity index (χ1v) is 5.91. The third kappa shape index (κ3) is 2.82. The van der Waals surface area contributed by atoms with Crippen molar-refractivity contribution in [2.75, 3.05) is 0 Å². The highest BCUT2D eigenvalue weighted by atomic mass is 19.4. The van der Waals surface area contributed by atoms with E-state index in [1.807, 2.05) is 0 Å². The number of halogens is 4. The highest BCUT2D eigenvalue weighted by Gasteiger charge is 2.35. The third-order valence-corrected chi connectivity index (χ3v) is 3.10. The predicted octanol–water partition coefficient (Wildman–Crippen LogP) is 4.23. The van der Waals surface area contributed by atoms with Crippen LogP contribution < -0.4 is 0 Å². The number of rotatable bonds is 2. The molecule has 0 bridgehead atoms. The van der Waals surface area contributed by atoms with Crippen molar-refractivity contribution in [2.24, 2.45) is 0 Å². The Hall–Kier alpha value is -1.88. The van der Waals surface area contributed by atoms with E-state index < -0.39 is 23.7 Å². The molecule has 0 spiro atoms. The molecule has 0 aliphatic carbocycles. The number of alkyl halides is 3. The van der Waals surface area contributed by atoms with Crippen LogP contribution in [0.2, 0.25) is 0 Å². The van der Waals surface area contributed by atoms with Gasteiger partial charge >= 0.3 is 6.18 Å². The maximum atomic E-state index is 13.2. The normalized spacial score (nSPS) is 13.3.